The van der Waals surface area contributed by atoms with Gasteiger partial charge in [0.05, 0.1) is 10.4 Å². The molecule has 14 heavy (non-hydrogen) atoms. The second kappa shape index (κ2) is 4.71. The van der Waals surface area contributed by atoms with E-state index in [1.54, 1.807) is 13.0 Å². The van der Waals surface area contributed by atoms with Crippen LogP contribution < -0.4 is 4.72 Å². The van der Waals surface area contributed by atoms with Gasteiger partial charge >= 0.3 is 0 Å². The summed E-state index contributed by atoms with van der Waals surface area (Å²) in [6.45, 7) is 1.38. The molecule has 80 valence electrons. The maximum Gasteiger partial charge on any atom is 0.250 e. The average molecular weight is 300 g/mol. The Labute approximate surface area is 95.1 Å². The number of aliphatic hydroxyl groups excluding tert-OH is 1. The molecule has 1 aromatic rings. The van der Waals surface area contributed by atoms with Gasteiger partial charge in [-0.15, -0.1) is 11.3 Å². The number of halogens is 1. The molecule has 0 saturated carbocycles. The molecular weight excluding hydrogens is 290 g/mol. The van der Waals surface area contributed by atoms with Crippen LogP contribution in [0.5, 0.6) is 0 Å². The Morgan fingerprint density at radius 2 is 2.29 bits per heavy atom. The summed E-state index contributed by atoms with van der Waals surface area (Å²) >= 11 is 4.32. The van der Waals surface area contributed by atoms with Crippen LogP contribution in [-0.4, -0.2) is 26.2 Å². The zero-order chi connectivity index (χ0) is 10.8. The normalized spacial score (nSPS) is 14.2. The van der Waals surface area contributed by atoms with E-state index >= 15 is 0 Å². The third kappa shape index (κ3) is 3.03. The summed E-state index contributed by atoms with van der Waals surface area (Å²) in [5, 5.41) is 8.72. The SMILES string of the molecule is C[C@H](CO)NS(=O)(=O)c1ccc(Br)s1. The zero-order valence-corrected chi connectivity index (χ0v) is 10.6. The number of rotatable bonds is 4. The van der Waals surface area contributed by atoms with E-state index in [0.717, 1.165) is 15.1 Å². The summed E-state index contributed by atoms with van der Waals surface area (Å²) in [7, 11) is -3.47. The van der Waals surface area contributed by atoms with Gasteiger partial charge in [-0.3, -0.25) is 0 Å². The molecule has 0 aromatic carbocycles. The molecule has 0 aliphatic carbocycles. The molecule has 7 heteroatoms. The van der Waals surface area contributed by atoms with Crippen LogP contribution in [0.4, 0.5) is 0 Å². The van der Waals surface area contributed by atoms with Gasteiger partial charge in [0, 0.05) is 6.04 Å². The minimum absolute atomic E-state index is 0.216. The highest BCUT2D eigenvalue weighted by molar-refractivity contribution is 9.11. The molecule has 1 heterocycles. The molecule has 2 N–H and O–H groups in total. The molecule has 0 unspecified atom stereocenters. The standard InChI is InChI=1S/C7H10BrNO3S2/c1-5(4-10)9-14(11,12)7-3-2-6(8)13-7/h2-3,5,9-10H,4H2,1H3/t5-/m1/s1. The van der Waals surface area contributed by atoms with Crippen LogP contribution in [0.15, 0.2) is 20.1 Å². The van der Waals surface area contributed by atoms with Crippen molar-refractivity contribution in [2.45, 2.75) is 17.2 Å². The Morgan fingerprint density at radius 3 is 2.71 bits per heavy atom. The fourth-order valence-corrected chi connectivity index (χ4v) is 4.06. The monoisotopic (exact) mass is 299 g/mol. The van der Waals surface area contributed by atoms with Crippen molar-refractivity contribution in [3.05, 3.63) is 15.9 Å². The summed E-state index contributed by atoms with van der Waals surface area (Å²) in [4.78, 5) is 0. The van der Waals surface area contributed by atoms with Crippen LogP contribution >= 0.6 is 27.3 Å². The van der Waals surface area contributed by atoms with E-state index in [1.165, 1.54) is 6.07 Å². The van der Waals surface area contributed by atoms with Crippen LogP contribution in [-0.2, 0) is 10.0 Å². The average Bonchev–Trinajstić information content (AvgIpc) is 2.51. The third-order valence-electron chi connectivity index (χ3n) is 1.44. The first-order valence-electron chi connectivity index (χ1n) is 3.84. The lowest BCUT2D eigenvalue weighted by Crippen LogP contribution is -2.34. The first kappa shape index (κ1) is 12.1. The number of hydrogen-bond donors (Lipinski definition) is 2. The lowest BCUT2D eigenvalue weighted by Gasteiger charge is -2.09. The maximum atomic E-state index is 11.6. The Balaban J connectivity index is 2.86. The summed E-state index contributed by atoms with van der Waals surface area (Å²) in [5.41, 5.74) is 0. The Bertz CT molecular complexity index is 401. The van der Waals surface area contributed by atoms with Crippen molar-refractivity contribution in [3.63, 3.8) is 0 Å². The molecule has 0 bridgehead atoms. The Kier molecular flexibility index (Phi) is 4.08. The molecule has 0 fully saturated rings. The van der Waals surface area contributed by atoms with Gasteiger partial charge in [0.25, 0.3) is 0 Å². The minimum atomic E-state index is -3.47. The van der Waals surface area contributed by atoms with Gasteiger partial charge in [-0.05, 0) is 35.0 Å². The van der Waals surface area contributed by atoms with Crippen LogP contribution in [0.25, 0.3) is 0 Å². The molecule has 1 aromatic heterocycles. The predicted octanol–water partition coefficient (Wildman–Crippen LogP) is 1.17. The van der Waals surface area contributed by atoms with Gasteiger partial charge in [0.1, 0.15) is 4.21 Å². The molecule has 4 nitrogen and oxygen atoms in total. The van der Waals surface area contributed by atoms with Crippen molar-refractivity contribution < 1.29 is 13.5 Å². The molecule has 0 aliphatic heterocycles. The van der Waals surface area contributed by atoms with Crippen molar-refractivity contribution in [2.24, 2.45) is 0 Å². The van der Waals surface area contributed by atoms with E-state index in [-0.39, 0.29) is 10.8 Å². The van der Waals surface area contributed by atoms with Crippen molar-refractivity contribution >= 4 is 37.3 Å². The lowest BCUT2D eigenvalue weighted by atomic mass is 10.4. The van der Waals surface area contributed by atoms with E-state index in [0.29, 0.717) is 0 Å². The second-order valence-electron chi connectivity index (χ2n) is 2.76. The molecule has 1 rings (SSSR count). The third-order valence-corrected chi connectivity index (χ3v) is 5.15. The van der Waals surface area contributed by atoms with E-state index in [9.17, 15) is 8.42 Å². The lowest BCUT2D eigenvalue weighted by molar-refractivity contribution is 0.265. The van der Waals surface area contributed by atoms with Gasteiger partial charge in [0.2, 0.25) is 10.0 Å². The van der Waals surface area contributed by atoms with Crippen molar-refractivity contribution in [3.8, 4) is 0 Å². The fourth-order valence-electron chi connectivity index (χ4n) is 0.802. The second-order valence-corrected chi connectivity index (χ2v) is 7.17. The summed E-state index contributed by atoms with van der Waals surface area (Å²) in [6.07, 6.45) is 0. The highest BCUT2D eigenvalue weighted by Crippen LogP contribution is 2.25. The highest BCUT2D eigenvalue weighted by Gasteiger charge is 2.18. The van der Waals surface area contributed by atoms with Crippen LogP contribution in [0.3, 0.4) is 0 Å². The van der Waals surface area contributed by atoms with Crippen LogP contribution in [0, 0.1) is 0 Å². The number of hydrogen-bond acceptors (Lipinski definition) is 4. The van der Waals surface area contributed by atoms with Gasteiger partial charge in [0.15, 0.2) is 0 Å². The molecule has 0 saturated heterocycles. The first-order chi connectivity index (χ1) is 6.45. The number of nitrogens with one attached hydrogen (secondary N) is 1. The summed E-state index contributed by atoms with van der Waals surface area (Å²) in [5.74, 6) is 0. The quantitative estimate of drug-likeness (QED) is 0.877. The molecule has 0 spiro atoms. The van der Waals surface area contributed by atoms with Gasteiger partial charge in [-0.2, -0.15) is 0 Å². The van der Waals surface area contributed by atoms with Gasteiger partial charge in [-0.25, -0.2) is 13.1 Å². The first-order valence-corrected chi connectivity index (χ1v) is 6.93. The smallest absolute Gasteiger partial charge is 0.250 e. The zero-order valence-electron chi connectivity index (χ0n) is 7.40. The van der Waals surface area contributed by atoms with E-state index in [2.05, 4.69) is 20.7 Å². The molecule has 1 atom stereocenters. The number of aliphatic hydroxyl groups is 1. The largest absolute Gasteiger partial charge is 0.395 e. The molecule has 0 aliphatic rings. The Hall–Kier alpha value is 0.0500. The summed E-state index contributed by atoms with van der Waals surface area (Å²) < 4.78 is 26.5. The van der Waals surface area contributed by atoms with Crippen LogP contribution in [0.2, 0.25) is 0 Å². The topological polar surface area (TPSA) is 66.4 Å². The molecule has 0 amide bonds. The van der Waals surface area contributed by atoms with E-state index in [1.807, 2.05) is 0 Å². The Morgan fingerprint density at radius 1 is 1.64 bits per heavy atom. The minimum Gasteiger partial charge on any atom is -0.395 e. The fraction of sp³-hybridized carbons (Fsp3) is 0.429. The summed E-state index contributed by atoms with van der Waals surface area (Å²) in [6, 6.07) is 2.71. The number of sulfonamides is 1. The predicted molar refractivity (Wildman–Crippen MR) is 58.9 cm³/mol. The maximum absolute atomic E-state index is 11.6. The number of thiophene rings is 1. The molecule has 0 radical (unpaired) electrons. The van der Waals surface area contributed by atoms with Gasteiger partial charge < -0.3 is 5.11 Å². The van der Waals surface area contributed by atoms with E-state index < -0.39 is 16.1 Å². The van der Waals surface area contributed by atoms with Gasteiger partial charge in [-0.1, -0.05) is 0 Å². The van der Waals surface area contributed by atoms with Crippen molar-refractivity contribution in [1.82, 2.24) is 4.72 Å². The molecular formula is C7H10BrNO3S2. The van der Waals surface area contributed by atoms with E-state index in [4.69, 9.17) is 5.11 Å². The van der Waals surface area contributed by atoms with Crippen LogP contribution in [0.1, 0.15) is 6.92 Å². The van der Waals surface area contributed by atoms with Crippen molar-refractivity contribution in [2.75, 3.05) is 6.61 Å². The van der Waals surface area contributed by atoms with Crippen molar-refractivity contribution in [1.29, 1.82) is 0 Å². The highest BCUT2D eigenvalue weighted by atomic mass is 79.9.